The smallest absolute Gasteiger partial charge is 0.214 e. The number of rotatable bonds is 3. The van der Waals surface area contributed by atoms with Gasteiger partial charge in [-0.05, 0) is 26.0 Å². The van der Waals surface area contributed by atoms with Gasteiger partial charge < -0.3 is 10.4 Å². The Morgan fingerprint density at radius 1 is 1.54 bits per heavy atom. The number of aliphatic hydroxyl groups is 1. The number of nitrogens with zero attached hydrogens (tertiary/aromatic N) is 1. The van der Waals surface area contributed by atoms with Crippen LogP contribution < -0.4 is 5.32 Å². The number of hydrogen-bond acceptors (Lipinski definition) is 3. The Bertz CT molecular complexity index is 283. The van der Waals surface area contributed by atoms with Crippen molar-refractivity contribution in [3.05, 3.63) is 24.1 Å². The van der Waals surface area contributed by atoms with Crippen molar-refractivity contribution >= 4 is 5.82 Å². The number of pyridine rings is 1. The van der Waals surface area contributed by atoms with Crippen LogP contribution in [0, 0.1) is 5.95 Å². The molecule has 0 spiro atoms. The van der Waals surface area contributed by atoms with Gasteiger partial charge in [-0.3, -0.25) is 0 Å². The van der Waals surface area contributed by atoms with Crippen LogP contribution in [-0.4, -0.2) is 22.2 Å². The molecule has 4 heteroatoms. The summed E-state index contributed by atoms with van der Waals surface area (Å²) in [4.78, 5) is 3.59. The summed E-state index contributed by atoms with van der Waals surface area (Å²) in [5.41, 5.74) is -0.825. The van der Waals surface area contributed by atoms with Crippen LogP contribution in [-0.2, 0) is 0 Å². The maximum Gasteiger partial charge on any atom is 0.214 e. The lowest BCUT2D eigenvalue weighted by molar-refractivity contribution is 0.0944. The molecule has 0 unspecified atom stereocenters. The molecule has 0 atom stereocenters. The normalized spacial score (nSPS) is 11.4. The number of nitrogens with one attached hydrogen (secondary N) is 1. The summed E-state index contributed by atoms with van der Waals surface area (Å²) in [7, 11) is 0. The van der Waals surface area contributed by atoms with E-state index in [0.29, 0.717) is 12.4 Å². The van der Waals surface area contributed by atoms with Crippen LogP contribution >= 0.6 is 0 Å². The van der Waals surface area contributed by atoms with Crippen LogP contribution in [0.1, 0.15) is 13.8 Å². The van der Waals surface area contributed by atoms with E-state index in [-0.39, 0.29) is 0 Å². The molecule has 0 saturated carbocycles. The van der Waals surface area contributed by atoms with E-state index < -0.39 is 11.5 Å². The zero-order valence-electron chi connectivity index (χ0n) is 7.71. The molecule has 0 aliphatic rings. The van der Waals surface area contributed by atoms with Crippen molar-refractivity contribution in [3.63, 3.8) is 0 Å². The predicted molar refractivity (Wildman–Crippen MR) is 49.0 cm³/mol. The number of hydrogen-bond donors (Lipinski definition) is 2. The summed E-state index contributed by atoms with van der Waals surface area (Å²) in [6.45, 7) is 3.67. The second-order valence-electron chi connectivity index (χ2n) is 3.51. The monoisotopic (exact) mass is 184 g/mol. The molecule has 0 aromatic carbocycles. The maximum atomic E-state index is 12.6. The number of halogens is 1. The van der Waals surface area contributed by atoms with E-state index in [4.69, 9.17) is 0 Å². The van der Waals surface area contributed by atoms with Crippen LogP contribution in [0.2, 0.25) is 0 Å². The van der Waals surface area contributed by atoms with Crippen LogP contribution in [0.3, 0.4) is 0 Å². The van der Waals surface area contributed by atoms with Crippen molar-refractivity contribution in [2.75, 3.05) is 11.9 Å². The first-order valence-electron chi connectivity index (χ1n) is 4.06. The minimum absolute atomic E-state index is 0.337. The van der Waals surface area contributed by atoms with E-state index in [0.717, 1.165) is 0 Å². The summed E-state index contributed by atoms with van der Waals surface area (Å²) in [5.74, 6) is -0.0946. The molecule has 1 rings (SSSR count). The Kier molecular flexibility index (Phi) is 2.83. The lowest BCUT2D eigenvalue weighted by atomic mass is 10.1. The summed E-state index contributed by atoms with van der Waals surface area (Å²) in [5, 5.41) is 12.2. The zero-order chi connectivity index (χ0) is 9.90. The highest BCUT2D eigenvalue weighted by Crippen LogP contribution is 2.06. The number of aromatic nitrogens is 1. The van der Waals surface area contributed by atoms with Gasteiger partial charge >= 0.3 is 0 Å². The van der Waals surface area contributed by atoms with Gasteiger partial charge in [-0.15, -0.1) is 0 Å². The van der Waals surface area contributed by atoms with Gasteiger partial charge in [0.25, 0.3) is 0 Å². The highest BCUT2D eigenvalue weighted by molar-refractivity contribution is 5.33. The average molecular weight is 184 g/mol. The minimum Gasteiger partial charge on any atom is -0.389 e. The van der Waals surface area contributed by atoms with E-state index >= 15 is 0 Å². The van der Waals surface area contributed by atoms with E-state index in [1.807, 2.05) is 0 Å². The van der Waals surface area contributed by atoms with Gasteiger partial charge in [0, 0.05) is 6.54 Å². The van der Waals surface area contributed by atoms with E-state index in [1.54, 1.807) is 26.0 Å². The Morgan fingerprint density at radius 3 is 2.77 bits per heavy atom. The minimum atomic E-state index is -0.825. The third-order valence-corrected chi connectivity index (χ3v) is 1.42. The van der Waals surface area contributed by atoms with Crippen molar-refractivity contribution in [1.82, 2.24) is 4.98 Å². The largest absolute Gasteiger partial charge is 0.389 e. The predicted octanol–water partition coefficient (Wildman–Crippen LogP) is 1.40. The molecule has 72 valence electrons. The fourth-order valence-corrected chi connectivity index (χ4v) is 0.814. The zero-order valence-corrected chi connectivity index (χ0v) is 7.71. The summed E-state index contributed by atoms with van der Waals surface area (Å²) in [6, 6.07) is 4.49. The van der Waals surface area contributed by atoms with Gasteiger partial charge in [-0.2, -0.15) is 4.39 Å². The topological polar surface area (TPSA) is 45.1 Å². The van der Waals surface area contributed by atoms with Crippen LogP contribution in [0.25, 0.3) is 0 Å². The highest BCUT2D eigenvalue weighted by Gasteiger charge is 2.11. The van der Waals surface area contributed by atoms with Gasteiger partial charge in [-0.1, -0.05) is 6.07 Å². The Hall–Kier alpha value is -1.16. The average Bonchev–Trinajstić information content (AvgIpc) is 2.00. The Labute approximate surface area is 76.6 Å². The molecule has 0 amide bonds. The fraction of sp³-hybridized carbons (Fsp3) is 0.444. The van der Waals surface area contributed by atoms with Crippen LogP contribution in [0.5, 0.6) is 0 Å². The third-order valence-electron chi connectivity index (χ3n) is 1.42. The molecular weight excluding hydrogens is 171 g/mol. The van der Waals surface area contributed by atoms with Crippen LogP contribution in [0.4, 0.5) is 10.2 Å². The molecular formula is C9H13FN2O. The van der Waals surface area contributed by atoms with Gasteiger partial charge in [0.15, 0.2) is 0 Å². The SMILES string of the molecule is CC(C)(O)CNc1cccc(F)n1. The second-order valence-corrected chi connectivity index (χ2v) is 3.51. The first-order chi connectivity index (χ1) is 5.97. The molecule has 1 heterocycles. The van der Waals surface area contributed by atoms with E-state index in [2.05, 4.69) is 10.3 Å². The molecule has 3 nitrogen and oxygen atoms in total. The third kappa shape index (κ3) is 3.85. The van der Waals surface area contributed by atoms with E-state index in [1.165, 1.54) is 6.07 Å². The van der Waals surface area contributed by atoms with Gasteiger partial charge in [0.2, 0.25) is 5.95 Å². The highest BCUT2D eigenvalue weighted by atomic mass is 19.1. The summed E-state index contributed by atoms with van der Waals surface area (Å²) in [6.07, 6.45) is 0. The quantitative estimate of drug-likeness (QED) is 0.698. The van der Waals surface area contributed by atoms with E-state index in [9.17, 15) is 9.50 Å². The standard InChI is InChI=1S/C9H13FN2O/c1-9(2,13)6-11-8-5-3-4-7(10)12-8/h3-5,13H,6H2,1-2H3,(H,11,12). The molecule has 13 heavy (non-hydrogen) atoms. The molecule has 2 N–H and O–H groups in total. The molecule has 0 aliphatic heterocycles. The summed E-state index contributed by atoms with van der Waals surface area (Å²) < 4.78 is 12.6. The lowest BCUT2D eigenvalue weighted by Gasteiger charge is -2.17. The molecule has 1 aromatic rings. The van der Waals surface area contributed by atoms with Crippen molar-refractivity contribution in [2.24, 2.45) is 0 Å². The number of anilines is 1. The summed E-state index contributed by atoms with van der Waals surface area (Å²) >= 11 is 0. The Morgan fingerprint density at radius 2 is 2.23 bits per heavy atom. The molecule has 0 radical (unpaired) electrons. The van der Waals surface area contributed by atoms with Crippen molar-refractivity contribution in [1.29, 1.82) is 0 Å². The first kappa shape index (κ1) is 9.92. The van der Waals surface area contributed by atoms with Gasteiger partial charge in [0.05, 0.1) is 5.60 Å². The van der Waals surface area contributed by atoms with Crippen molar-refractivity contribution in [3.8, 4) is 0 Å². The second kappa shape index (κ2) is 3.70. The Balaban J connectivity index is 2.55. The molecule has 0 saturated heterocycles. The van der Waals surface area contributed by atoms with Crippen molar-refractivity contribution in [2.45, 2.75) is 19.4 Å². The molecule has 0 aliphatic carbocycles. The first-order valence-corrected chi connectivity index (χ1v) is 4.06. The maximum absolute atomic E-state index is 12.6. The van der Waals surface area contributed by atoms with Gasteiger partial charge in [0.1, 0.15) is 5.82 Å². The van der Waals surface area contributed by atoms with Crippen LogP contribution in [0.15, 0.2) is 18.2 Å². The lowest BCUT2D eigenvalue weighted by Crippen LogP contribution is -2.29. The molecule has 0 bridgehead atoms. The van der Waals surface area contributed by atoms with Gasteiger partial charge in [-0.25, -0.2) is 4.98 Å². The van der Waals surface area contributed by atoms with Crippen molar-refractivity contribution < 1.29 is 9.50 Å². The molecule has 1 aromatic heterocycles. The fourth-order valence-electron chi connectivity index (χ4n) is 0.814. The molecule has 0 fully saturated rings.